The van der Waals surface area contributed by atoms with E-state index in [0.29, 0.717) is 0 Å². The van der Waals surface area contributed by atoms with Crippen LogP contribution < -0.4 is 4.74 Å². The van der Waals surface area contributed by atoms with E-state index < -0.39 is 0 Å². The molecule has 98 valence electrons. The summed E-state index contributed by atoms with van der Waals surface area (Å²) in [5.41, 5.74) is 2.77. The molecular weight excluding hydrogens is 248 g/mol. The third kappa shape index (κ3) is 2.67. The molecule has 2 heterocycles. The fraction of sp³-hybridized carbons (Fsp3) is 0.0588. The van der Waals surface area contributed by atoms with Crippen molar-refractivity contribution in [2.75, 3.05) is 7.11 Å². The van der Waals surface area contributed by atoms with Crippen molar-refractivity contribution in [2.24, 2.45) is 0 Å². The minimum absolute atomic E-state index is 0.768. The van der Waals surface area contributed by atoms with Gasteiger partial charge in [0.05, 0.1) is 12.8 Å². The highest BCUT2D eigenvalue weighted by molar-refractivity contribution is 5.77. The quantitative estimate of drug-likeness (QED) is 0.720. The second-order valence-electron chi connectivity index (χ2n) is 4.39. The Morgan fingerprint density at radius 2 is 1.80 bits per heavy atom. The van der Waals surface area contributed by atoms with Crippen molar-refractivity contribution in [3.8, 4) is 5.75 Å². The fourth-order valence-electron chi connectivity index (χ4n) is 1.96. The highest BCUT2D eigenvalue weighted by Crippen LogP contribution is 2.14. The number of hydrogen-bond donors (Lipinski definition) is 0. The highest BCUT2D eigenvalue weighted by Gasteiger charge is 1.96. The van der Waals surface area contributed by atoms with Crippen molar-refractivity contribution in [1.29, 1.82) is 0 Å². The van der Waals surface area contributed by atoms with E-state index in [9.17, 15) is 0 Å². The summed E-state index contributed by atoms with van der Waals surface area (Å²) in [5.74, 6) is 0.857. The van der Waals surface area contributed by atoms with E-state index in [4.69, 9.17) is 4.74 Å². The predicted octanol–water partition coefficient (Wildman–Crippen LogP) is 3.81. The normalized spacial score (nSPS) is 11.1. The van der Waals surface area contributed by atoms with Gasteiger partial charge in [-0.25, -0.2) is 9.97 Å². The van der Waals surface area contributed by atoms with Gasteiger partial charge in [0.25, 0.3) is 0 Å². The van der Waals surface area contributed by atoms with Crippen molar-refractivity contribution in [3.05, 3.63) is 66.0 Å². The summed E-state index contributed by atoms with van der Waals surface area (Å²) in [6, 6.07) is 15.8. The molecule has 3 heteroatoms. The van der Waals surface area contributed by atoms with Gasteiger partial charge < -0.3 is 4.74 Å². The first-order chi connectivity index (χ1) is 9.85. The summed E-state index contributed by atoms with van der Waals surface area (Å²) in [6.45, 7) is 0. The molecule has 0 radical (unpaired) electrons. The van der Waals surface area contributed by atoms with Crippen molar-refractivity contribution in [1.82, 2.24) is 9.97 Å². The first-order valence-corrected chi connectivity index (χ1v) is 6.39. The smallest absolute Gasteiger partial charge is 0.159 e. The molecule has 0 aliphatic carbocycles. The molecule has 20 heavy (non-hydrogen) atoms. The van der Waals surface area contributed by atoms with E-state index >= 15 is 0 Å². The van der Waals surface area contributed by atoms with E-state index in [1.807, 2.05) is 60.7 Å². The molecule has 0 amide bonds. The fourth-order valence-corrected chi connectivity index (χ4v) is 1.96. The van der Waals surface area contributed by atoms with Gasteiger partial charge in [0.15, 0.2) is 5.65 Å². The number of benzene rings is 1. The van der Waals surface area contributed by atoms with Gasteiger partial charge in [0.1, 0.15) is 5.75 Å². The maximum Gasteiger partial charge on any atom is 0.159 e. The Kier molecular flexibility index (Phi) is 3.42. The van der Waals surface area contributed by atoms with Crippen LogP contribution in [0.1, 0.15) is 11.3 Å². The Morgan fingerprint density at radius 3 is 2.60 bits per heavy atom. The summed E-state index contributed by atoms with van der Waals surface area (Å²) in [5, 5.41) is 1.05. The average Bonchev–Trinajstić information content (AvgIpc) is 2.53. The number of hydrogen-bond acceptors (Lipinski definition) is 3. The van der Waals surface area contributed by atoms with Gasteiger partial charge in [-0.05, 0) is 48.0 Å². The van der Waals surface area contributed by atoms with Crippen LogP contribution in [0, 0.1) is 0 Å². The van der Waals surface area contributed by atoms with Crippen molar-refractivity contribution in [3.63, 3.8) is 0 Å². The second kappa shape index (κ2) is 5.53. The minimum atomic E-state index is 0.768. The summed E-state index contributed by atoms with van der Waals surface area (Å²) in [7, 11) is 1.66. The summed E-state index contributed by atoms with van der Waals surface area (Å²) >= 11 is 0. The van der Waals surface area contributed by atoms with Crippen LogP contribution in [0.4, 0.5) is 0 Å². The van der Waals surface area contributed by atoms with Gasteiger partial charge in [-0.2, -0.15) is 0 Å². The lowest BCUT2D eigenvalue weighted by Gasteiger charge is -2.00. The standard InChI is InChI=1S/C17H14N2O/c1-20-16-10-5-13(6-11-16)4-8-15-9-7-14-3-2-12-18-17(14)19-15/h2-12H,1H3/b8-4+. The number of pyridine rings is 2. The molecule has 3 rings (SSSR count). The Bertz CT molecular complexity index is 748. The maximum atomic E-state index is 5.14. The third-order valence-corrected chi connectivity index (χ3v) is 3.05. The number of aromatic nitrogens is 2. The SMILES string of the molecule is COc1ccc(/C=C/c2ccc3cccnc3n2)cc1. The Labute approximate surface area is 117 Å². The van der Waals surface area contributed by atoms with Gasteiger partial charge in [-0.1, -0.05) is 18.2 Å². The molecule has 0 bridgehead atoms. The van der Waals surface area contributed by atoms with Crippen molar-refractivity contribution in [2.45, 2.75) is 0 Å². The zero-order valence-electron chi connectivity index (χ0n) is 11.2. The molecule has 0 saturated carbocycles. The first kappa shape index (κ1) is 12.4. The van der Waals surface area contributed by atoms with E-state index in [1.54, 1.807) is 13.3 Å². The van der Waals surface area contributed by atoms with Crippen LogP contribution in [0.15, 0.2) is 54.7 Å². The lowest BCUT2D eigenvalue weighted by Crippen LogP contribution is -1.85. The van der Waals surface area contributed by atoms with Crippen molar-refractivity contribution >= 4 is 23.2 Å². The molecule has 0 N–H and O–H groups in total. The molecule has 0 unspecified atom stereocenters. The molecule has 3 nitrogen and oxygen atoms in total. The van der Waals surface area contributed by atoms with Crippen LogP contribution in [0.2, 0.25) is 0 Å². The molecule has 0 aliphatic rings. The van der Waals surface area contributed by atoms with Crippen LogP contribution in [0.5, 0.6) is 5.75 Å². The summed E-state index contributed by atoms with van der Waals surface area (Å²) in [6.07, 6.45) is 5.76. The molecule has 0 aliphatic heterocycles. The largest absolute Gasteiger partial charge is 0.497 e. The van der Waals surface area contributed by atoms with Crippen molar-refractivity contribution < 1.29 is 4.74 Å². The molecule has 0 saturated heterocycles. The van der Waals surface area contributed by atoms with E-state index in [-0.39, 0.29) is 0 Å². The molecule has 0 spiro atoms. The Morgan fingerprint density at radius 1 is 0.950 bits per heavy atom. The maximum absolute atomic E-state index is 5.14. The number of ether oxygens (including phenoxy) is 1. The van der Waals surface area contributed by atoms with Gasteiger partial charge in [0.2, 0.25) is 0 Å². The lowest BCUT2D eigenvalue weighted by atomic mass is 10.2. The van der Waals surface area contributed by atoms with Gasteiger partial charge in [0, 0.05) is 11.6 Å². The van der Waals surface area contributed by atoms with Crippen LogP contribution in [0.3, 0.4) is 0 Å². The van der Waals surface area contributed by atoms with Crippen LogP contribution in [-0.4, -0.2) is 17.1 Å². The number of rotatable bonds is 3. The van der Waals surface area contributed by atoms with E-state index in [1.165, 1.54) is 0 Å². The number of nitrogens with zero attached hydrogens (tertiary/aromatic N) is 2. The molecule has 2 aromatic heterocycles. The zero-order valence-corrected chi connectivity index (χ0v) is 11.2. The first-order valence-electron chi connectivity index (χ1n) is 6.39. The van der Waals surface area contributed by atoms with Crippen LogP contribution >= 0.6 is 0 Å². The predicted molar refractivity (Wildman–Crippen MR) is 81.5 cm³/mol. The van der Waals surface area contributed by atoms with Crippen LogP contribution in [0.25, 0.3) is 23.2 Å². The molecule has 0 fully saturated rings. The molecular formula is C17H14N2O. The highest BCUT2D eigenvalue weighted by atomic mass is 16.5. The second-order valence-corrected chi connectivity index (χ2v) is 4.39. The van der Waals surface area contributed by atoms with E-state index in [2.05, 4.69) is 9.97 Å². The Balaban J connectivity index is 1.85. The van der Waals surface area contributed by atoms with E-state index in [0.717, 1.165) is 28.0 Å². The topological polar surface area (TPSA) is 35.0 Å². The molecule has 1 aromatic carbocycles. The summed E-state index contributed by atoms with van der Waals surface area (Å²) in [4.78, 5) is 8.76. The molecule has 0 atom stereocenters. The van der Waals surface area contributed by atoms with Gasteiger partial charge in [-0.15, -0.1) is 0 Å². The summed E-state index contributed by atoms with van der Waals surface area (Å²) < 4.78 is 5.14. The monoisotopic (exact) mass is 262 g/mol. The van der Waals surface area contributed by atoms with Gasteiger partial charge in [-0.3, -0.25) is 0 Å². The Hall–Kier alpha value is -2.68. The number of fused-ring (bicyclic) bond motifs is 1. The van der Waals surface area contributed by atoms with Crippen LogP contribution in [-0.2, 0) is 0 Å². The minimum Gasteiger partial charge on any atom is -0.497 e. The average molecular weight is 262 g/mol. The van der Waals surface area contributed by atoms with Gasteiger partial charge >= 0.3 is 0 Å². The third-order valence-electron chi connectivity index (χ3n) is 3.05. The lowest BCUT2D eigenvalue weighted by molar-refractivity contribution is 0.415. The number of methoxy groups -OCH3 is 1. The molecule has 3 aromatic rings. The zero-order chi connectivity index (χ0) is 13.8.